The lowest BCUT2D eigenvalue weighted by atomic mass is 10.1. The fourth-order valence-corrected chi connectivity index (χ4v) is 2.28. The number of amides is 1. The number of nitrogens with zero attached hydrogens (tertiary/aromatic N) is 1. The van der Waals surface area contributed by atoms with Crippen molar-refractivity contribution in [2.45, 2.75) is 26.7 Å². The highest BCUT2D eigenvalue weighted by atomic mass is 19.1. The molecule has 1 aromatic heterocycles. The lowest BCUT2D eigenvalue weighted by Gasteiger charge is -2.09. The maximum atomic E-state index is 13.4. The molecule has 0 fully saturated rings. The van der Waals surface area contributed by atoms with Gasteiger partial charge in [0.25, 0.3) is 0 Å². The predicted octanol–water partition coefficient (Wildman–Crippen LogP) is 1.43. The zero-order chi connectivity index (χ0) is 16.1. The van der Waals surface area contributed by atoms with E-state index in [4.69, 9.17) is 0 Å². The molecule has 0 saturated carbocycles. The number of rotatable bonds is 5. The summed E-state index contributed by atoms with van der Waals surface area (Å²) in [6.45, 7) is 3.79. The number of hydrogen-bond donors (Lipinski definition) is 2. The number of hydrogen-bond acceptors (Lipinski definition) is 3. The third-order valence-electron chi connectivity index (χ3n) is 3.46. The fraction of sp³-hybridized carbons (Fsp3) is 0.312. The van der Waals surface area contributed by atoms with Crippen molar-refractivity contribution in [3.63, 3.8) is 0 Å². The normalized spacial score (nSPS) is 10.5. The second-order valence-electron chi connectivity index (χ2n) is 5.10. The van der Waals surface area contributed by atoms with Crippen LogP contribution in [0.3, 0.4) is 0 Å². The Morgan fingerprint density at radius 2 is 2.05 bits per heavy atom. The fourth-order valence-electron chi connectivity index (χ4n) is 2.28. The van der Waals surface area contributed by atoms with Gasteiger partial charge < -0.3 is 10.3 Å². The summed E-state index contributed by atoms with van der Waals surface area (Å²) >= 11 is 0. The average Bonchev–Trinajstić information content (AvgIpc) is 2.45. The lowest BCUT2D eigenvalue weighted by molar-refractivity contribution is -0.120. The van der Waals surface area contributed by atoms with Gasteiger partial charge in [-0.25, -0.2) is 9.18 Å². The molecule has 2 rings (SSSR count). The first-order chi connectivity index (χ1) is 10.5. The Bertz CT molecular complexity index is 714. The number of aromatic nitrogens is 2. The largest absolute Gasteiger partial charge is 0.355 e. The first-order valence-corrected chi connectivity index (χ1v) is 7.04. The van der Waals surface area contributed by atoms with Gasteiger partial charge in [0.1, 0.15) is 5.82 Å². The molecule has 0 bridgehead atoms. The van der Waals surface area contributed by atoms with E-state index in [0.29, 0.717) is 35.5 Å². The topological polar surface area (TPSA) is 74.8 Å². The summed E-state index contributed by atoms with van der Waals surface area (Å²) in [4.78, 5) is 29.5. The molecule has 0 spiro atoms. The number of carbonyl (C=O) groups excluding carboxylic acids is 1. The highest BCUT2D eigenvalue weighted by Gasteiger charge is 2.11. The summed E-state index contributed by atoms with van der Waals surface area (Å²) < 4.78 is 13.4. The van der Waals surface area contributed by atoms with E-state index in [9.17, 15) is 14.0 Å². The Morgan fingerprint density at radius 3 is 2.73 bits per heavy atom. The van der Waals surface area contributed by atoms with Crippen LogP contribution in [0.5, 0.6) is 0 Å². The van der Waals surface area contributed by atoms with Gasteiger partial charge in [0.05, 0.1) is 6.42 Å². The minimum Gasteiger partial charge on any atom is -0.355 e. The zero-order valence-electron chi connectivity index (χ0n) is 12.6. The molecule has 116 valence electrons. The average molecular weight is 303 g/mol. The van der Waals surface area contributed by atoms with Gasteiger partial charge in [0.2, 0.25) is 5.91 Å². The van der Waals surface area contributed by atoms with Crippen molar-refractivity contribution >= 4 is 5.91 Å². The van der Waals surface area contributed by atoms with Crippen LogP contribution in [-0.4, -0.2) is 22.4 Å². The Balaban J connectivity index is 1.92. The Hall–Kier alpha value is -2.50. The Kier molecular flexibility index (Phi) is 5.04. The molecule has 1 amide bonds. The molecule has 0 unspecified atom stereocenters. The molecule has 0 aliphatic rings. The Labute approximate surface area is 127 Å². The molecule has 0 aliphatic heterocycles. The third-order valence-corrected chi connectivity index (χ3v) is 3.46. The molecule has 0 aliphatic carbocycles. The molecule has 0 saturated heterocycles. The quantitative estimate of drug-likeness (QED) is 0.877. The van der Waals surface area contributed by atoms with Crippen LogP contribution in [0.1, 0.15) is 22.5 Å². The molecular weight excluding hydrogens is 285 g/mol. The standard InChI is InChI=1S/C16H18FN3O2/c1-10-13(11(2)20-16(22)19-10)9-15(21)18-8-7-12-5-3-4-6-14(12)17/h3-6H,7-9H2,1-2H3,(H,18,21)(H,19,20,22). The highest BCUT2D eigenvalue weighted by Crippen LogP contribution is 2.08. The molecule has 5 nitrogen and oxygen atoms in total. The van der Waals surface area contributed by atoms with Gasteiger partial charge in [-0.2, -0.15) is 4.98 Å². The molecule has 1 heterocycles. The van der Waals surface area contributed by atoms with Gasteiger partial charge in [-0.1, -0.05) is 18.2 Å². The van der Waals surface area contributed by atoms with Crippen molar-refractivity contribution in [3.05, 3.63) is 63.1 Å². The van der Waals surface area contributed by atoms with Crippen LogP contribution in [0.4, 0.5) is 4.39 Å². The van der Waals surface area contributed by atoms with E-state index in [1.165, 1.54) is 6.07 Å². The van der Waals surface area contributed by atoms with E-state index in [0.717, 1.165) is 0 Å². The van der Waals surface area contributed by atoms with Gasteiger partial charge in [-0.05, 0) is 31.9 Å². The second-order valence-corrected chi connectivity index (χ2v) is 5.10. The summed E-state index contributed by atoms with van der Waals surface area (Å²) in [6.07, 6.45) is 0.568. The molecule has 2 aromatic rings. The van der Waals surface area contributed by atoms with Gasteiger partial charge in [-0.3, -0.25) is 4.79 Å². The van der Waals surface area contributed by atoms with Crippen LogP contribution in [-0.2, 0) is 17.6 Å². The number of aryl methyl sites for hydroxylation is 2. The molecule has 0 radical (unpaired) electrons. The maximum Gasteiger partial charge on any atom is 0.345 e. The van der Waals surface area contributed by atoms with Crippen LogP contribution >= 0.6 is 0 Å². The molecule has 1 aromatic carbocycles. The van der Waals surface area contributed by atoms with Crippen molar-refractivity contribution in [1.82, 2.24) is 15.3 Å². The molecule has 22 heavy (non-hydrogen) atoms. The predicted molar refractivity (Wildman–Crippen MR) is 81.1 cm³/mol. The van der Waals surface area contributed by atoms with Crippen molar-refractivity contribution < 1.29 is 9.18 Å². The number of nitrogens with one attached hydrogen (secondary N) is 2. The van der Waals surface area contributed by atoms with Crippen molar-refractivity contribution in [2.75, 3.05) is 6.54 Å². The van der Waals surface area contributed by atoms with Gasteiger partial charge in [0, 0.05) is 23.5 Å². The maximum absolute atomic E-state index is 13.4. The monoisotopic (exact) mass is 303 g/mol. The van der Waals surface area contributed by atoms with Crippen LogP contribution in [0.2, 0.25) is 0 Å². The smallest absolute Gasteiger partial charge is 0.345 e. The molecule has 6 heteroatoms. The van der Waals surface area contributed by atoms with Crippen LogP contribution in [0.25, 0.3) is 0 Å². The first-order valence-electron chi connectivity index (χ1n) is 7.04. The third kappa shape index (κ3) is 4.00. The number of halogens is 1. The molecular formula is C16H18FN3O2. The van der Waals surface area contributed by atoms with Crippen LogP contribution < -0.4 is 11.0 Å². The van der Waals surface area contributed by atoms with E-state index < -0.39 is 5.69 Å². The molecule has 0 atom stereocenters. The van der Waals surface area contributed by atoms with E-state index in [2.05, 4.69) is 15.3 Å². The van der Waals surface area contributed by atoms with Gasteiger partial charge in [0.15, 0.2) is 0 Å². The lowest BCUT2D eigenvalue weighted by Crippen LogP contribution is -2.29. The first kappa shape index (κ1) is 15.9. The summed E-state index contributed by atoms with van der Waals surface area (Å²) in [5.41, 5.74) is 2.05. The molecule has 2 N–H and O–H groups in total. The number of H-pyrrole nitrogens is 1. The summed E-state index contributed by atoms with van der Waals surface area (Å²) in [6, 6.07) is 6.49. The van der Waals surface area contributed by atoms with Crippen molar-refractivity contribution in [3.8, 4) is 0 Å². The summed E-state index contributed by atoms with van der Waals surface area (Å²) in [5.74, 6) is -0.454. The minimum absolute atomic E-state index is 0.138. The minimum atomic E-state index is -0.418. The number of aromatic amines is 1. The summed E-state index contributed by atoms with van der Waals surface area (Å²) in [7, 11) is 0. The summed E-state index contributed by atoms with van der Waals surface area (Å²) in [5, 5.41) is 2.75. The van der Waals surface area contributed by atoms with Crippen LogP contribution in [0.15, 0.2) is 29.1 Å². The Morgan fingerprint density at radius 1 is 1.32 bits per heavy atom. The zero-order valence-corrected chi connectivity index (χ0v) is 12.6. The van der Waals surface area contributed by atoms with E-state index >= 15 is 0 Å². The van der Waals surface area contributed by atoms with E-state index in [1.807, 2.05) is 0 Å². The van der Waals surface area contributed by atoms with Crippen molar-refractivity contribution in [2.24, 2.45) is 0 Å². The van der Waals surface area contributed by atoms with Crippen LogP contribution in [0, 0.1) is 19.7 Å². The SMILES string of the molecule is Cc1nc(=O)[nH]c(C)c1CC(=O)NCCc1ccccc1F. The van der Waals surface area contributed by atoms with Gasteiger partial charge in [-0.15, -0.1) is 0 Å². The number of benzene rings is 1. The van der Waals surface area contributed by atoms with E-state index in [1.54, 1.807) is 32.0 Å². The second kappa shape index (κ2) is 6.98. The van der Waals surface area contributed by atoms with Gasteiger partial charge >= 0.3 is 5.69 Å². The number of carbonyl (C=O) groups is 1. The van der Waals surface area contributed by atoms with E-state index in [-0.39, 0.29) is 18.1 Å². The highest BCUT2D eigenvalue weighted by molar-refractivity contribution is 5.79. The van der Waals surface area contributed by atoms with Crippen molar-refractivity contribution in [1.29, 1.82) is 0 Å².